The van der Waals surface area contributed by atoms with E-state index in [1.54, 1.807) is 30.5 Å². The lowest BCUT2D eigenvalue weighted by Gasteiger charge is -2.35. The number of aromatic amines is 1. The van der Waals surface area contributed by atoms with Gasteiger partial charge in [-0.2, -0.15) is 10.3 Å². The van der Waals surface area contributed by atoms with Crippen LogP contribution in [0.5, 0.6) is 0 Å². The van der Waals surface area contributed by atoms with E-state index in [1.165, 1.54) is 0 Å². The Hall–Kier alpha value is -4.23. The van der Waals surface area contributed by atoms with Crippen molar-refractivity contribution in [2.24, 2.45) is 16.8 Å². The Labute approximate surface area is 253 Å². The van der Waals surface area contributed by atoms with Crippen molar-refractivity contribution < 1.29 is 9.59 Å². The van der Waals surface area contributed by atoms with Gasteiger partial charge in [0.1, 0.15) is 5.49 Å². The molecule has 2 fully saturated rings. The number of rotatable bonds is 5. The van der Waals surface area contributed by atoms with Gasteiger partial charge in [-0.15, -0.1) is 0 Å². The smallest absolute Gasteiger partial charge is 0.253 e. The first kappa shape index (κ1) is 30.2. The summed E-state index contributed by atoms with van der Waals surface area (Å²) >= 11 is 0. The second-order valence-electron chi connectivity index (χ2n) is 12.0. The summed E-state index contributed by atoms with van der Waals surface area (Å²) in [6, 6.07) is 13.7. The number of likely N-dealkylation sites (tertiary alicyclic amines) is 1. The molecule has 0 bridgehead atoms. The van der Waals surface area contributed by atoms with E-state index < -0.39 is 0 Å². The van der Waals surface area contributed by atoms with Crippen LogP contribution in [0.15, 0.2) is 53.7 Å². The molecule has 226 valence electrons. The predicted octanol–water partition coefficient (Wildman–Crippen LogP) is 4.07. The minimum atomic E-state index is -0.0209. The minimum absolute atomic E-state index is 0.0109. The topological polar surface area (TPSA) is 132 Å². The summed E-state index contributed by atoms with van der Waals surface area (Å²) in [4.78, 5) is 39.9. The molecular weight excluding hydrogens is 540 g/mol. The number of anilines is 1. The van der Waals surface area contributed by atoms with Crippen LogP contribution in [0, 0.1) is 28.6 Å². The molecule has 3 aliphatic rings. The van der Waals surface area contributed by atoms with Crippen LogP contribution in [0.2, 0.25) is 0 Å². The molecule has 0 unspecified atom stereocenters. The van der Waals surface area contributed by atoms with Crippen molar-refractivity contribution in [3.05, 3.63) is 65.3 Å². The van der Waals surface area contributed by atoms with E-state index in [0.717, 1.165) is 62.8 Å². The molecule has 0 radical (unpaired) electrons. The van der Waals surface area contributed by atoms with Crippen LogP contribution < -0.4 is 10.8 Å². The van der Waals surface area contributed by atoms with Gasteiger partial charge in [-0.05, 0) is 107 Å². The highest BCUT2D eigenvalue weighted by atomic mass is 16.2. The molecule has 1 aromatic heterocycles. The number of aromatic nitrogens is 1. The molecular formula is C33H42N8O2. The average Bonchev–Trinajstić information content (AvgIpc) is 3.05. The maximum Gasteiger partial charge on any atom is 0.253 e. The lowest BCUT2D eigenvalue weighted by molar-refractivity contribution is -0.136. The number of nitriles is 1. The number of H-pyrrole nitrogens is 1. The molecule has 2 amide bonds. The van der Waals surface area contributed by atoms with Crippen LogP contribution in [-0.4, -0.2) is 83.8 Å². The van der Waals surface area contributed by atoms with E-state index in [2.05, 4.69) is 39.4 Å². The molecule has 1 aliphatic carbocycles. The van der Waals surface area contributed by atoms with Gasteiger partial charge in [0.2, 0.25) is 11.9 Å². The number of nitrogens with zero attached hydrogens (tertiary/aromatic N) is 5. The van der Waals surface area contributed by atoms with Crippen LogP contribution >= 0.6 is 0 Å². The molecule has 10 nitrogen and oxygen atoms in total. The number of carbonyl (C=O) groups excluding carboxylic acids is 2. The van der Waals surface area contributed by atoms with Crippen molar-refractivity contribution in [2.45, 2.75) is 51.0 Å². The first-order valence-electron chi connectivity index (χ1n) is 15.3. The van der Waals surface area contributed by atoms with Gasteiger partial charge in [-0.25, -0.2) is 0 Å². The summed E-state index contributed by atoms with van der Waals surface area (Å²) in [5.41, 5.74) is 3.89. The normalized spacial score (nSPS) is 21.9. The van der Waals surface area contributed by atoms with Gasteiger partial charge in [-0.3, -0.25) is 15.0 Å². The standard InChI is InChI=1S/C33H42N8O2/c1-39-18-15-28(16-19-39)40(2)31(42)25-9-11-27(12-10-25)37-33(35)38-30-29(4-3-17-36-30)24-13-20-41(21-14-24)32(43)26-7-5-23(22-34)6-8-26/h3-4,9-13,17,23,26,28H,5-8,14-16,18-21H2,1-2H3,(H3,35,36,37,38)/t23-,26+. The van der Waals surface area contributed by atoms with E-state index >= 15 is 0 Å². The van der Waals surface area contributed by atoms with Crippen LogP contribution in [-0.2, 0) is 4.79 Å². The highest BCUT2D eigenvalue weighted by molar-refractivity contribution is 5.96. The number of pyridine rings is 1. The Morgan fingerprint density at radius 3 is 2.44 bits per heavy atom. The first-order chi connectivity index (χ1) is 20.8. The summed E-state index contributed by atoms with van der Waals surface area (Å²) in [5, 5.41) is 20.7. The highest BCUT2D eigenvalue weighted by Crippen LogP contribution is 2.31. The van der Waals surface area contributed by atoms with Gasteiger partial charge >= 0.3 is 0 Å². The number of nitrogens with one attached hydrogen (secondary N) is 3. The highest BCUT2D eigenvalue weighted by Gasteiger charge is 2.30. The van der Waals surface area contributed by atoms with Crippen molar-refractivity contribution in [3.63, 3.8) is 0 Å². The van der Waals surface area contributed by atoms with Crippen molar-refractivity contribution >= 4 is 29.0 Å². The largest absolute Gasteiger partial charge is 0.346 e. The number of carbonyl (C=O) groups is 2. The Morgan fingerprint density at radius 1 is 1.07 bits per heavy atom. The summed E-state index contributed by atoms with van der Waals surface area (Å²) in [5.74, 6) is 0.299. The van der Waals surface area contributed by atoms with Crippen molar-refractivity contribution in [3.8, 4) is 6.07 Å². The zero-order chi connectivity index (χ0) is 30.3. The number of hydrogen-bond acceptors (Lipinski definition) is 5. The fourth-order valence-electron chi connectivity index (χ4n) is 6.35. The number of hydrogen-bond donors (Lipinski definition) is 3. The number of benzene rings is 1. The van der Waals surface area contributed by atoms with Gasteiger partial charge in [0.05, 0.1) is 6.07 Å². The van der Waals surface area contributed by atoms with Crippen LogP contribution in [0.25, 0.3) is 5.57 Å². The first-order valence-corrected chi connectivity index (χ1v) is 15.3. The molecule has 3 N–H and O–H groups in total. The molecule has 1 saturated heterocycles. The third kappa shape index (κ3) is 7.41. The van der Waals surface area contributed by atoms with Crippen LogP contribution in [0.3, 0.4) is 0 Å². The Bertz CT molecular complexity index is 1450. The van der Waals surface area contributed by atoms with E-state index in [9.17, 15) is 9.59 Å². The van der Waals surface area contributed by atoms with Gasteiger partial charge in [0, 0.05) is 61.0 Å². The van der Waals surface area contributed by atoms with E-state index in [0.29, 0.717) is 36.2 Å². The summed E-state index contributed by atoms with van der Waals surface area (Å²) in [7, 11) is 3.99. The number of amides is 2. The average molecular weight is 583 g/mol. The van der Waals surface area contributed by atoms with E-state index in [4.69, 9.17) is 10.7 Å². The molecule has 2 aliphatic heterocycles. The van der Waals surface area contributed by atoms with Crippen molar-refractivity contribution in [2.75, 3.05) is 45.6 Å². The monoisotopic (exact) mass is 582 g/mol. The fraction of sp³-hybridized carbons (Fsp3) is 0.485. The Morgan fingerprint density at radius 2 is 1.79 bits per heavy atom. The Kier molecular flexibility index (Phi) is 9.72. The van der Waals surface area contributed by atoms with Crippen LogP contribution in [0.4, 0.5) is 5.69 Å². The zero-order valence-electron chi connectivity index (χ0n) is 25.2. The van der Waals surface area contributed by atoms with E-state index in [1.807, 2.05) is 29.0 Å². The summed E-state index contributed by atoms with van der Waals surface area (Å²) in [6.07, 6.45) is 9.75. The molecule has 1 aromatic carbocycles. The SMILES string of the molecule is CN1CCC(N(C)C(=O)c2ccc(NC(=N)/N=c3\[nH]cccc3C3=CCN(C(=O)[C@H]4CC[C@@H](C#N)CC4)CC3)cc2)CC1. The number of guanidine groups is 1. The predicted molar refractivity (Wildman–Crippen MR) is 167 cm³/mol. The van der Waals surface area contributed by atoms with Gasteiger partial charge in [0.15, 0.2) is 0 Å². The second kappa shape index (κ2) is 13.8. The maximum atomic E-state index is 13.1. The molecule has 2 aromatic rings. The van der Waals surface area contributed by atoms with Gasteiger partial charge in [0.25, 0.3) is 5.91 Å². The lowest BCUT2D eigenvalue weighted by atomic mass is 9.82. The van der Waals surface area contributed by atoms with Gasteiger partial charge < -0.3 is 25.0 Å². The van der Waals surface area contributed by atoms with E-state index in [-0.39, 0.29) is 35.7 Å². The Balaban J connectivity index is 1.19. The third-order valence-corrected chi connectivity index (χ3v) is 9.13. The summed E-state index contributed by atoms with van der Waals surface area (Å²) < 4.78 is 0. The second-order valence-corrected chi connectivity index (χ2v) is 12.0. The number of piperidine rings is 1. The molecule has 3 heterocycles. The third-order valence-electron chi connectivity index (χ3n) is 9.13. The molecule has 0 atom stereocenters. The molecule has 1 saturated carbocycles. The zero-order valence-corrected chi connectivity index (χ0v) is 25.2. The van der Waals surface area contributed by atoms with Gasteiger partial charge in [-0.1, -0.05) is 6.08 Å². The van der Waals surface area contributed by atoms with Crippen molar-refractivity contribution in [1.82, 2.24) is 19.7 Å². The molecule has 10 heteroatoms. The summed E-state index contributed by atoms with van der Waals surface area (Å²) in [6.45, 7) is 3.19. The van der Waals surface area contributed by atoms with Crippen molar-refractivity contribution in [1.29, 1.82) is 10.7 Å². The molecule has 43 heavy (non-hydrogen) atoms. The molecule has 0 spiro atoms. The lowest BCUT2D eigenvalue weighted by Crippen LogP contribution is -2.44. The quantitative estimate of drug-likeness (QED) is 0.361. The maximum absolute atomic E-state index is 13.1. The molecule has 5 rings (SSSR count). The minimum Gasteiger partial charge on any atom is -0.346 e. The van der Waals surface area contributed by atoms with Crippen LogP contribution in [0.1, 0.15) is 60.9 Å². The fourth-order valence-corrected chi connectivity index (χ4v) is 6.35.